The molecular formula is C18H20. The first-order chi connectivity index (χ1) is 8.70. The molecule has 0 nitrogen and oxygen atoms in total. The molecule has 0 saturated carbocycles. The van der Waals surface area contributed by atoms with E-state index in [-0.39, 0.29) is 5.92 Å². The molecule has 0 saturated heterocycles. The molecule has 0 aliphatic rings. The Labute approximate surface area is 112 Å². The molecule has 0 heteroatoms. The first kappa shape index (κ1) is 16.0. The maximum absolute atomic E-state index is 5.61. The van der Waals surface area contributed by atoms with E-state index in [0.717, 1.165) is 12.8 Å². The molecule has 0 heterocycles. The molecule has 0 spiro atoms. The monoisotopic (exact) mass is 236 g/mol. The van der Waals surface area contributed by atoms with Crippen LogP contribution in [0.25, 0.3) is 0 Å². The van der Waals surface area contributed by atoms with Gasteiger partial charge in [0.25, 0.3) is 0 Å². The fraction of sp³-hybridized carbons (Fsp3) is 0.444. The van der Waals surface area contributed by atoms with E-state index in [1.165, 1.54) is 0 Å². The number of hydrogen-bond acceptors (Lipinski definition) is 0. The largest absolute Gasteiger partial charge is 0.120 e. The van der Waals surface area contributed by atoms with Gasteiger partial charge in [0.05, 0.1) is 5.41 Å². The van der Waals surface area contributed by atoms with Crippen molar-refractivity contribution in [3.05, 3.63) is 12.2 Å². The summed E-state index contributed by atoms with van der Waals surface area (Å²) < 4.78 is 0. The topological polar surface area (TPSA) is 0 Å². The minimum atomic E-state index is -0.517. The van der Waals surface area contributed by atoms with Crippen molar-refractivity contribution in [2.75, 3.05) is 0 Å². The molecule has 0 aromatic carbocycles. The molecule has 0 amide bonds. The van der Waals surface area contributed by atoms with Crippen LogP contribution in [0.15, 0.2) is 12.2 Å². The van der Waals surface area contributed by atoms with Crippen LogP contribution in [0.5, 0.6) is 0 Å². The Morgan fingerprint density at radius 1 is 1.17 bits per heavy atom. The van der Waals surface area contributed by atoms with Gasteiger partial charge in [0.2, 0.25) is 0 Å². The third-order valence-electron chi connectivity index (χ3n) is 2.46. The van der Waals surface area contributed by atoms with Crippen LogP contribution in [0.1, 0.15) is 40.0 Å². The smallest absolute Gasteiger partial charge is 0.102 e. The van der Waals surface area contributed by atoms with Gasteiger partial charge in [0.15, 0.2) is 0 Å². The predicted octanol–water partition coefficient (Wildman–Crippen LogP) is 3.65. The van der Waals surface area contributed by atoms with E-state index in [4.69, 9.17) is 12.8 Å². The van der Waals surface area contributed by atoms with Gasteiger partial charge in [0, 0.05) is 19.3 Å². The minimum Gasteiger partial charge on any atom is -0.120 e. The summed E-state index contributed by atoms with van der Waals surface area (Å²) in [6.45, 7) is 5.95. The fourth-order valence-electron chi connectivity index (χ4n) is 1.66. The van der Waals surface area contributed by atoms with Gasteiger partial charge in [0.1, 0.15) is 5.92 Å². The average molecular weight is 236 g/mol. The van der Waals surface area contributed by atoms with Gasteiger partial charge in [-0.1, -0.05) is 43.8 Å². The lowest BCUT2D eigenvalue weighted by atomic mass is 9.73. The lowest BCUT2D eigenvalue weighted by Crippen LogP contribution is -2.25. The highest BCUT2D eigenvalue weighted by Gasteiger charge is 2.32. The van der Waals surface area contributed by atoms with Crippen LogP contribution in [0.3, 0.4) is 0 Å². The van der Waals surface area contributed by atoms with Gasteiger partial charge in [-0.15, -0.1) is 30.6 Å². The van der Waals surface area contributed by atoms with Crippen molar-refractivity contribution in [1.82, 2.24) is 0 Å². The Morgan fingerprint density at radius 2 is 1.83 bits per heavy atom. The minimum absolute atomic E-state index is 0.260. The second-order valence-corrected chi connectivity index (χ2v) is 3.85. The van der Waals surface area contributed by atoms with E-state index >= 15 is 0 Å². The molecule has 0 radical (unpaired) electrons. The zero-order chi connectivity index (χ0) is 13.9. The summed E-state index contributed by atoms with van der Waals surface area (Å²) in [5.41, 5.74) is -0.517. The van der Waals surface area contributed by atoms with Crippen LogP contribution in [0, 0.1) is 59.7 Å². The van der Waals surface area contributed by atoms with Crippen LogP contribution >= 0.6 is 0 Å². The normalized spacial score (nSPS) is 14.1. The molecule has 0 aliphatic carbocycles. The molecule has 0 rings (SSSR count). The van der Waals surface area contributed by atoms with E-state index < -0.39 is 5.41 Å². The third kappa shape index (κ3) is 4.46. The highest BCUT2D eigenvalue weighted by Crippen LogP contribution is 2.32. The van der Waals surface area contributed by atoms with E-state index in [0.29, 0.717) is 6.42 Å². The van der Waals surface area contributed by atoms with Crippen molar-refractivity contribution in [3.63, 3.8) is 0 Å². The SMILES string of the molecule is C#CCC(C#CCC)(C=CC)C(C#C)C#CCC. The van der Waals surface area contributed by atoms with Gasteiger partial charge in [-0.2, -0.15) is 0 Å². The Morgan fingerprint density at radius 3 is 2.28 bits per heavy atom. The molecule has 18 heavy (non-hydrogen) atoms. The van der Waals surface area contributed by atoms with Crippen LogP contribution in [0.2, 0.25) is 0 Å². The molecule has 92 valence electrons. The Bertz CT molecular complexity index is 471. The van der Waals surface area contributed by atoms with Crippen LogP contribution in [0.4, 0.5) is 0 Å². The standard InChI is InChI=1S/C18H20/c1-6-11-13-17(10-5)18(14-8-3,15-9-4)16-12-7-2/h3,5,9,15,17H,6-7,14H2,1-2,4H3. The molecule has 2 atom stereocenters. The first-order valence-electron chi connectivity index (χ1n) is 6.22. The van der Waals surface area contributed by atoms with E-state index in [1.54, 1.807) is 0 Å². The molecule has 2 unspecified atom stereocenters. The average Bonchev–Trinajstić information content (AvgIpc) is 2.37. The highest BCUT2D eigenvalue weighted by atomic mass is 14.3. The van der Waals surface area contributed by atoms with Crippen LogP contribution in [-0.2, 0) is 0 Å². The maximum atomic E-state index is 5.61. The highest BCUT2D eigenvalue weighted by molar-refractivity contribution is 5.34. The van der Waals surface area contributed by atoms with E-state index in [9.17, 15) is 0 Å². The zero-order valence-corrected chi connectivity index (χ0v) is 11.5. The van der Waals surface area contributed by atoms with Crippen molar-refractivity contribution in [2.45, 2.75) is 40.0 Å². The molecule has 0 fully saturated rings. The predicted molar refractivity (Wildman–Crippen MR) is 79.2 cm³/mol. The van der Waals surface area contributed by atoms with E-state index in [2.05, 4.69) is 35.5 Å². The molecule has 0 bridgehead atoms. The molecule has 0 N–H and O–H groups in total. The zero-order valence-electron chi connectivity index (χ0n) is 11.5. The molecule has 0 aliphatic heterocycles. The van der Waals surface area contributed by atoms with Crippen LogP contribution < -0.4 is 0 Å². The first-order valence-corrected chi connectivity index (χ1v) is 6.22. The molecule has 0 aromatic heterocycles. The van der Waals surface area contributed by atoms with Gasteiger partial charge in [-0.25, -0.2) is 0 Å². The van der Waals surface area contributed by atoms with Gasteiger partial charge < -0.3 is 0 Å². The van der Waals surface area contributed by atoms with Crippen LogP contribution in [-0.4, -0.2) is 0 Å². The van der Waals surface area contributed by atoms with Gasteiger partial charge in [-0.3, -0.25) is 0 Å². The Kier molecular flexibility index (Phi) is 8.04. The second kappa shape index (κ2) is 9.06. The lowest BCUT2D eigenvalue weighted by Gasteiger charge is -2.25. The fourth-order valence-corrected chi connectivity index (χ4v) is 1.66. The van der Waals surface area contributed by atoms with Gasteiger partial charge in [-0.05, 0) is 6.92 Å². The maximum Gasteiger partial charge on any atom is 0.102 e. The second-order valence-electron chi connectivity index (χ2n) is 3.85. The van der Waals surface area contributed by atoms with Crippen molar-refractivity contribution in [2.24, 2.45) is 11.3 Å². The molecule has 0 aromatic rings. The summed E-state index contributed by atoms with van der Waals surface area (Å²) >= 11 is 0. The Hall–Kier alpha value is -2.02. The number of terminal acetylenes is 2. The summed E-state index contributed by atoms with van der Waals surface area (Å²) in [7, 11) is 0. The summed E-state index contributed by atoms with van der Waals surface area (Å²) in [5, 5.41) is 0. The summed E-state index contributed by atoms with van der Waals surface area (Å²) in [5.74, 6) is 17.6. The summed E-state index contributed by atoms with van der Waals surface area (Å²) in [6.07, 6.45) is 17.1. The number of rotatable bonds is 3. The summed E-state index contributed by atoms with van der Waals surface area (Å²) in [4.78, 5) is 0. The van der Waals surface area contributed by atoms with Crippen molar-refractivity contribution < 1.29 is 0 Å². The van der Waals surface area contributed by atoms with Gasteiger partial charge >= 0.3 is 0 Å². The Balaban J connectivity index is 5.67. The molecular weight excluding hydrogens is 216 g/mol. The lowest BCUT2D eigenvalue weighted by molar-refractivity contribution is 0.469. The summed E-state index contributed by atoms with van der Waals surface area (Å²) in [6, 6.07) is 0. The van der Waals surface area contributed by atoms with Crippen molar-refractivity contribution in [3.8, 4) is 48.4 Å². The quantitative estimate of drug-likeness (QED) is 0.518. The van der Waals surface area contributed by atoms with Crippen molar-refractivity contribution >= 4 is 0 Å². The third-order valence-corrected chi connectivity index (χ3v) is 2.46. The number of allylic oxidation sites excluding steroid dienone is 2. The van der Waals surface area contributed by atoms with E-state index in [1.807, 2.05) is 32.9 Å². The number of hydrogen-bond donors (Lipinski definition) is 0. The van der Waals surface area contributed by atoms with Crippen molar-refractivity contribution in [1.29, 1.82) is 0 Å².